The third kappa shape index (κ3) is 3.22. The van der Waals surface area contributed by atoms with Gasteiger partial charge in [-0.2, -0.15) is 0 Å². The molecule has 3 aliphatic rings. The molecule has 3 aliphatic heterocycles. The number of piperidine rings is 2. The number of carbonyl (C=O) groups is 4. The fourth-order valence-corrected chi connectivity index (χ4v) is 4.30. The molecule has 0 aromatic heterocycles. The minimum atomic E-state index is -0.937. The largest absolute Gasteiger partial charge is 0.313 e. The van der Waals surface area contributed by atoms with Crippen LogP contribution in [0.2, 0.25) is 0 Å². The van der Waals surface area contributed by atoms with Gasteiger partial charge in [0.15, 0.2) is 0 Å². The average Bonchev–Trinajstić information content (AvgIpc) is 2.93. The number of nitrogens with one attached hydrogen (secondary N) is 3. The molecule has 0 spiro atoms. The Balaban J connectivity index is 1.56. The van der Waals surface area contributed by atoms with E-state index in [1.165, 1.54) is 0 Å². The third-order valence-electron chi connectivity index (χ3n) is 5.87. The number of imide groups is 2. The molecule has 2 saturated heterocycles. The van der Waals surface area contributed by atoms with E-state index in [-0.39, 0.29) is 18.7 Å². The van der Waals surface area contributed by atoms with Crippen molar-refractivity contribution in [3.63, 3.8) is 0 Å². The van der Waals surface area contributed by atoms with E-state index in [4.69, 9.17) is 0 Å². The molecule has 0 saturated carbocycles. The van der Waals surface area contributed by atoms with Gasteiger partial charge in [0.2, 0.25) is 11.8 Å². The van der Waals surface area contributed by atoms with Crippen molar-refractivity contribution in [1.29, 1.82) is 0 Å². The fraction of sp³-hybridized carbons (Fsp3) is 0.500. The Morgan fingerprint density at radius 1 is 1.14 bits per heavy atom. The van der Waals surface area contributed by atoms with E-state index in [1.807, 2.05) is 6.07 Å². The smallest absolute Gasteiger partial charge is 0.262 e. The second-order valence-corrected chi connectivity index (χ2v) is 7.66. The lowest BCUT2D eigenvalue weighted by Gasteiger charge is -2.31. The summed E-state index contributed by atoms with van der Waals surface area (Å²) in [4.78, 5) is 50.5. The van der Waals surface area contributed by atoms with Crippen LogP contribution in [0.3, 0.4) is 0 Å². The molecule has 148 valence electrons. The summed E-state index contributed by atoms with van der Waals surface area (Å²) < 4.78 is 0. The first-order valence-corrected chi connectivity index (χ1v) is 9.77. The van der Waals surface area contributed by atoms with Crippen molar-refractivity contribution in [3.8, 4) is 0 Å². The maximum Gasteiger partial charge on any atom is 0.262 e. The highest BCUT2D eigenvalue weighted by Crippen LogP contribution is 2.30. The summed E-state index contributed by atoms with van der Waals surface area (Å²) in [5.41, 5.74) is 1.44. The molecule has 8 heteroatoms. The van der Waals surface area contributed by atoms with Crippen LogP contribution in [0.15, 0.2) is 18.2 Å². The van der Waals surface area contributed by atoms with Crippen molar-refractivity contribution in [2.45, 2.75) is 57.3 Å². The molecule has 28 heavy (non-hydrogen) atoms. The van der Waals surface area contributed by atoms with Crippen molar-refractivity contribution in [3.05, 3.63) is 34.9 Å². The van der Waals surface area contributed by atoms with Crippen LogP contribution >= 0.6 is 0 Å². The predicted octanol–water partition coefficient (Wildman–Crippen LogP) is 0.318. The van der Waals surface area contributed by atoms with Crippen molar-refractivity contribution in [2.24, 2.45) is 0 Å². The average molecular weight is 384 g/mol. The zero-order valence-electron chi connectivity index (χ0n) is 15.8. The molecule has 3 heterocycles. The topological polar surface area (TPSA) is 108 Å². The predicted molar refractivity (Wildman–Crippen MR) is 100 cm³/mol. The van der Waals surface area contributed by atoms with Crippen LogP contribution in [0, 0.1) is 0 Å². The van der Waals surface area contributed by atoms with E-state index >= 15 is 0 Å². The van der Waals surface area contributed by atoms with Crippen LogP contribution in [-0.4, -0.2) is 53.2 Å². The van der Waals surface area contributed by atoms with E-state index < -0.39 is 23.8 Å². The van der Waals surface area contributed by atoms with E-state index in [0.717, 1.165) is 29.8 Å². The number of nitrogens with zero attached hydrogens (tertiary/aromatic N) is 1. The number of hydrogen-bond donors (Lipinski definition) is 3. The molecule has 0 aliphatic carbocycles. The van der Waals surface area contributed by atoms with Gasteiger partial charge in [0.1, 0.15) is 6.04 Å². The molecule has 0 radical (unpaired) electrons. The van der Waals surface area contributed by atoms with Gasteiger partial charge in [0, 0.05) is 25.0 Å². The van der Waals surface area contributed by atoms with Gasteiger partial charge >= 0.3 is 0 Å². The van der Waals surface area contributed by atoms with Gasteiger partial charge in [-0.05, 0) is 44.4 Å². The minimum Gasteiger partial charge on any atom is -0.313 e. The summed E-state index contributed by atoms with van der Waals surface area (Å²) in [5.74, 6) is -1.89. The molecular weight excluding hydrogens is 360 g/mol. The number of amides is 4. The highest BCUT2D eigenvalue weighted by molar-refractivity contribution is 6.24. The summed E-state index contributed by atoms with van der Waals surface area (Å²) in [6.07, 6.45) is 2.42. The summed E-state index contributed by atoms with van der Waals surface area (Å²) in [5, 5.41) is 9.14. The van der Waals surface area contributed by atoms with Crippen molar-refractivity contribution < 1.29 is 19.2 Å². The van der Waals surface area contributed by atoms with Gasteiger partial charge in [-0.3, -0.25) is 29.4 Å². The number of carbonyl (C=O) groups excluding carboxylic acids is 4. The molecule has 1 unspecified atom stereocenters. The Kier molecular flexibility index (Phi) is 4.99. The number of benzene rings is 1. The zero-order chi connectivity index (χ0) is 19.8. The molecule has 3 atom stereocenters. The van der Waals surface area contributed by atoms with Crippen LogP contribution in [0.1, 0.15) is 58.9 Å². The fourth-order valence-electron chi connectivity index (χ4n) is 4.30. The van der Waals surface area contributed by atoms with Gasteiger partial charge in [-0.25, -0.2) is 0 Å². The third-order valence-corrected chi connectivity index (χ3v) is 5.87. The standard InChI is InChI=1S/C20H24N4O4/c1-11-14(6-3-9-21-11)22-10-12-4-2-5-13-17(12)20(28)24(19(13)27)15-7-8-16(25)23-18(15)26/h2,4-5,11,14-15,21-22H,3,6-10H2,1H3,(H,23,25,26)/t11-,14+,15?/m0/s1. The Bertz CT molecular complexity index is 853. The first-order valence-electron chi connectivity index (χ1n) is 9.77. The molecule has 3 N–H and O–H groups in total. The quantitative estimate of drug-likeness (QED) is 0.646. The van der Waals surface area contributed by atoms with Gasteiger partial charge in [-0.15, -0.1) is 0 Å². The Morgan fingerprint density at radius 2 is 1.96 bits per heavy atom. The summed E-state index contributed by atoms with van der Waals surface area (Å²) >= 11 is 0. The molecule has 1 aromatic carbocycles. The first-order chi connectivity index (χ1) is 13.5. The Hall–Kier alpha value is -2.58. The molecule has 1 aromatic rings. The van der Waals surface area contributed by atoms with Crippen LogP contribution < -0.4 is 16.0 Å². The molecule has 4 amide bonds. The first kappa shape index (κ1) is 18.8. The lowest BCUT2D eigenvalue weighted by atomic mass is 9.98. The van der Waals surface area contributed by atoms with Crippen LogP contribution in [-0.2, 0) is 16.1 Å². The SMILES string of the molecule is C[C@@H]1NCCC[C@H]1NCc1cccc2c1C(=O)N(C1CCC(=O)NC1=O)C2=O. The molecular formula is C20H24N4O4. The highest BCUT2D eigenvalue weighted by Gasteiger charge is 2.45. The van der Waals surface area contributed by atoms with Gasteiger partial charge in [0.25, 0.3) is 11.8 Å². The van der Waals surface area contributed by atoms with E-state index in [2.05, 4.69) is 22.9 Å². The molecule has 4 rings (SSSR count). The number of fused-ring (bicyclic) bond motifs is 1. The second-order valence-electron chi connectivity index (χ2n) is 7.66. The summed E-state index contributed by atoms with van der Waals surface area (Å²) in [6.45, 7) is 3.61. The lowest BCUT2D eigenvalue weighted by Crippen LogP contribution is -2.54. The second kappa shape index (κ2) is 7.44. The lowest BCUT2D eigenvalue weighted by molar-refractivity contribution is -0.136. The monoisotopic (exact) mass is 384 g/mol. The van der Waals surface area contributed by atoms with Crippen LogP contribution in [0.4, 0.5) is 0 Å². The van der Waals surface area contributed by atoms with E-state index in [9.17, 15) is 19.2 Å². The summed E-state index contributed by atoms with van der Waals surface area (Å²) in [6, 6.07) is 4.92. The molecule has 0 bridgehead atoms. The Morgan fingerprint density at radius 3 is 2.71 bits per heavy atom. The number of hydrogen-bond acceptors (Lipinski definition) is 6. The van der Waals surface area contributed by atoms with Crippen LogP contribution in [0.5, 0.6) is 0 Å². The van der Waals surface area contributed by atoms with Gasteiger partial charge < -0.3 is 10.6 Å². The van der Waals surface area contributed by atoms with E-state index in [0.29, 0.717) is 29.8 Å². The summed E-state index contributed by atoms with van der Waals surface area (Å²) in [7, 11) is 0. The number of rotatable bonds is 4. The van der Waals surface area contributed by atoms with Crippen molar-refractivity contribution >= 4 is 23.6 Å². The van der Waals surface area contributed by atoms with Gasteiger partial charge in [0.05, 0.1) is 11.1 Å². The Labute approximate surface area is 163 Å². The van der Waals surface area contributed by atoms with Crippen LogP contribution in [0.25, 0.3) is 0 Å². The normalized spacial score (nSPS) is 27.8. The molecule has 2 fully saturated rings. The highest BCUT2D eigenvalue weighted by atomic mass is 16.2. The van der Waals surface area contributed by atoms with Gasteiger partial charge in [-0.1, -0.05) is 12.1 Å². The maximum atomic E-state index is 13.1. The maximum absolute atomic E-state index is 13.1. The van der Waals surface area contributed by atoms with Crippen molar-refractivity contribution in [1.82, 2.24) is 20.9 Å². The molecule has 8 nitrogen and oxygen atoms in total. The van der Waals surface area contributed by atoms with E-state index in [1.54, 1.807) is 12.1 Å². The van der Waals surface area contributed by atoms with Crippen molar-refractivity contribution in [2.75, 3.05) is 6.54 Å². The zero-order valence-corrected chi connectivity index (χ0v) is 15.8. The minimum absolute atomic E-state index is 0.116.